The molecule has 0 saturated carbocycles. The normalized spacial score (nSPS) is 13.5. The number of halogens is 1. The zero-order chi connectivity index (χ0) is 23.5. The molecule has 9 heteroatoms. The Bertz CT molecular complexity index is 1090. The fraction of sp³-hybridized carbons (Fsp3) is 0.435. The summed E-state index contributed by atoms with van der Waals surface area (Å²) in [4.78, 5) is 16.5. The molecule has 0 bridgehead atoms. The highest BCUT2D eigenvalue weighted by molar-refractivity contribution is 5.67. The van der Waals surface area contributed by atoms with Gasteiger partial charge < -0.3 is 20.1 Å². The first kappa shape index (κ1) is 23.3. The van der Waals surface area contributed by atoms with Gasteiger partial charge in [0.05, 0.1) is 18.8 Å². The quantitative estimate of drug-likeness (QED) is 0.553. The number of hydrogen-bond acceptors (Lipinski definition) is 6. The van der Waals surface area contributed by atoms with Crippen LogP contribution in [0, 0.1) is 12.7 Å². The molecule has 1 amide bonds. The highest BCUT2D eigenvalue weighted by Gasteiger charge is 2.19. The summed E-state index contributed by atoms with van der Waals surface area (Å²) in [7, 11) is 0. The van der Waals surface area contributed by atoms with Crippen molar-refractivity contribution in [2.75, 3.05) is 11.9 Å². The van der Waals surface area contributed by atoms with Gasteiger partial charge in [0.25, 0.3) is 0 Å². The number of ether oxygens (including phenoxy) is 2. The molecule has 2 heterocycles. The van der Waals surface area contributed by atoms with E-state index < -0.39 is 11.7 Å². The van der Waals surface area contributed by atoms with Crippen LogP contribution in [0.2, 0.25) is 0 Å². The van der Waals surface area contributed by atoms with Gasteiger partial charge in [-0.3, -0.25) is 0 Å². The lowest BCUT2D eigenvalue weighted by atomic mass is 10.1. The maximum absolute atomic E-state index is 14.0. The van der Waals surface area contributed by atoms with E-state index in [1.807, 2.05) is 33.0 Å². The van der Waals surface area contributed by atoms with Gasteiger partial charge in [0.15, 0.2) is 5.65 Å². The maximum atomic E-state index is 14.0. The van der Waals surface area contributed by atoms with Gasteiger partial charge in [-0.1, -0.05) is 0 Å². The lowest BCUT2D eigenvalue weighted by Crippen LogP contribution is -2.37. The number of benzene rings is 1. The molecule has 2 N–H and O–H groups in total. The van der Waals surface area contributed by atoms with Crippen LogP contribution in [0.15, 0.2) is 36.7 Å². The molecule has 0 spiro atoms. The first-order chi connectivity index (χ1) is 15.0. The highest BCUT2D eigenvalue weighted by atomic mass is 19.1. The molecule has 0 fully saturated rings. The molecule has 172 valence electrons. The lowest BCUT2D eigenvalue weighted by Gasteiger charge is -2.23. The number of fused-ring (bicyclic) bond motifs is 1. The van der Waals surface area contributed by atoms with E-state index >= 15 is 0 Å². The second kappa shape index (κ2) is 9.42. The molecule has 0 aliphatic rings. The van der Waals surface area contributed by atoms with Gasteiger partial charge in [0, 0.05) is 17.3 Å². The molecule has 32 heavy (non-hydrogen) atoms. The third-order valence-corrected chi connectivity index (χ3v) is 4.61. The van der Waals surface area contributed by atoms with Gasteiger partial charge in [-0.2, -0.15) is 5.10 Å². The molecule has 3 rings (SSSR count). The molecular weight excluding hydrogens is 413 g/mol. The second-order valence-electron chi connectivity index (χ2n) is 8.77. The van der Waals surface area contributed by atoms with Crippen molar-refractivity contribution in [3.8, 4) is 5.75 Å². The van der Waals surface area contributed by atoms with Crippen LogP contribution in [0.5, 0.6) is 5.75 Å². The zero-order valence-corrected chi connectivity index (χ0v) is 19.3. The van der Waals surface area contributed by atoms with Gasteiger partial charge in [0.1, 0.15) is 29.1 Å². The maximum Gasteiger partial charge on any atom is 0.407 e. The van der Waals surface area contributed by atoms with Crippen molar-refractivity contribution >= 4 is 17.6 Å². The first-order valence-corrected chi connectivity index (χ1v) is 10.5. The average molecular weight is 444 g/mol. The summed E-state index contributed by atoms with van der Waals surface area (Å²) in [5.74, 6) is 0.797. The predicted molar refractivity (Wildman–Crippen MR) is 120 cm³/mol. The largest absolute Gasteiger partial charge is 0.489 e. The van der Waals surface area contributed by atoms with E-state index in [4.69, 9.17) is 9.47 Å². The van der Waals surface area contributed by atoms with Crippen molar-refractivity contribution in [2.24, 2.45) is 0 Å². The van der Waals surface area contributed by atoms with E-state index in [0.29, 0.717) is 17.1 Å². The number of aryl methyl sites for hydroxylation is 1. The summed E-state index contributed by atoms with van der Waals surface area (Å²) in [5.41, 5.74) is 1.77. The van der Waals surface area contributed by atoms with E-state index in [9.17, 15) is 9.18 Å². The van der Waals surface area contributed by atoms with E-state index in [1.54, 1.807) is 37.5 Å². The Balaban J connectivity index is 1.69. The smallest absolute Gasteiger partial charge is 0.407 e. The Morgan fingerprint density at radius 3 is 2.72 bits per heavy atom. The van der Waals surface area contributed by atoms with Crippen LogP contribution in [-0.4, -0.2) is 38.9 Å². The summed E-state index contributed by atoms with van der Waals surface area (Å²) in [6.45, 7) is 11.3. The van der Waals surface area contributed by atoms with Gasteiger partial charge >= 0.3 is 6.09 Å². The van der Waals surface area contributed by atoms with Crippen LogP contribution in [0.25, 0.3) is 5.65 Å². The first-order valence-electron chi connectivity index (χ1n) is 10.5. The van der Waals surface area contributed by atoms with Crippen molar-refractivity contribution in [2.45, 2.75) is 59.3 Å². The van der Waals surface area contributed by atoms with Crippen molar-refractivity contribution in [3.05, 3.63) is 53.6 Å². The SMILES string of the molecule is Cc1cnn2ccc(N[C@H](C)c3cc(F)ccc3O[C@@H](C)CNC(=O)OC(C)(C)C)nc12. The van der Waals surface area contributed by atoms with Gasteiger partial charge in [-0.25, -0.2) is 18.7 Å². The molecule has 0 radical (unpaired) electrons. The fourth-order valence-corrected chi connectivity index (χ4v) is 3.13. The third kappa shape index (κ3) is 6.09. The molecule has 0 aliphatic carbocycles. The van der Waals surface area contributed by atoms with Crippen LogP contribution in [0.3, 0.4) is 0 Å². The number of hydrogen-bond donors (Lipinski definition) is 2. The number of anilines is 1. The van der Waals surface area contributed by atoms with Crippen LogP contribution in [-0.2, 0) is 4.74 Å². The number of nitrogens with one attached hydrogen (secondary N) is 2. The number of rotatable bonds is 7. The van der Waals surface area contributed by atoms with Crippen LogP contribution in [0.4, 0.5) is 15.0 Å². The lowest BCUT2D eigenvalue weighted by molar-refractivity contribution is 0.0505. The Hall–Kier alpha value is -3.36. The molecule has 2 atom stereocenters. The van der Waals surface area contributed by atoms with E-state index in [2.05, 4.69) is 20.7 Å². The summed E-state index contributed by atoms with van der Waals surface area (Å²) < 4.78 is 27.0. The summed E-state index contributed by atoms with van der Waals surface area (Å²) >= 11 is 0. The summed E-state index contributed by atoms with van der Waals surface area (Å²) in [6, 6.07) is 5.89. The zero-order valence-electron chi connectivity index (χ0n) is 19.3. The number of alkyl carbamates (subject to hydrolysis) is 1. The van der Waals surface area contributed by atoms with Crippen LogP contribution >= 0.6 is 0 Å². The minimum atomic E-state index is -0.577. The predicted octanol–water partition coefficient (Wildman–Crippen LogP) is 4.64. The number of amides is 1. The molecule has 2 aromatic heterocycles. The average Bonchev–Trinajstić information content (AvgIpc) is 3.07. The molecule has 3 aromatic rings. The molecule has 1 aromatic carbocycles. The summed E-state index contributed by atoms with van der Waals surface area (Å²) in [6.07, 6.45) is 2.69. The van der Waals surface area contributed by atoms with Gasteiger partial charge in [0.2, 0.25) is 0 Å². The van der Waals surface area contributed by atoms with Crippen LogP contribution < -0.4 is 15.4 Å². The highest BCUT2D eigenvalue weighted by Crippen LogP contribution is 2.29. The number of nitrogens with zero attached hydrogens (tertiary/aromatic N) is 3. The molecule has 0 aliphatic heterocycles. The second-order valence-corrected chi connectivity index (χ2v) is 8.77. The topological polar surface area (TPSA) is 89.8 Å². The molecule has 0 unspecified atom stereocenters. The minimum Gasteiger partial charge on any atom is -0.489 e. The Morgan fingerprint density at radius 1 is 1.25 bits per heavy atom. The fourth-order valence-electron chi connectivity index (χ4n) is 3.13. The Kier molecular flexibility index (Phi) is 6.86. The number of aromatic nitrogens is 3. The van der Waals surface area contributed by atoms with Gasteiger partial charge in [-0.15, -0.1) is 0 Å². The van der Waals surface area contributed by atoms with Crippen LogP contribution in [0.1, 0.15) is 51.8 Å². The molecular formula is C23H30FN5O3. The van der Waals surface area contributed by atoms with Crippen molar-refractivity contribution in [3.63, 3.8) is 0 Å². The van der Waals surface area contributed by atoms with E-state index in [0.717, 1.165) is 11.2 Å². The van der Waals surface area contributed by atoms with Crippen molar-refractivity contribution < 1.29 is 18.7 Å². The summed E-state index contributed by atoms with van der Waals surface area (Å²) in [5, 5.41) is 10.2. The monoisotopic (exact) mass is 443 g/mol. The van der Waals surface area contributed by atoms with E-state index in [-0.39, 0.29) is 24.5 Å². The molecule has 8 nitrogen and oxygen atoms in total. The van der Waals surface area contributed by atoms with Crippen molar-refractivity contribution in [1.82, 2.24) is 19.9 Å². The number of carbonyl (C=O) groups is 1. The number of carbonyl (C=O) groups excluding carboxylic acids is 1. The van der Waals surface area contributed by atoms with Crippen molar-refractivity contribution in [1.29, 1.82) is 0 Å². The Labute approximate surface area is 187 Å². The minimum absolute atomic E-state index is 0.242. The Morgan fingerprint density at radius 2 is 2.00 bits per heavy atom. The molecule has 0 saturated heterocycles. The van der Waals surface area contributed by atoms with Gasteiger partial charge in [-0.05, 0) is 65.8 Å². The standard InChI is InChI=1S/C23H30FN5O3/c1-14-12-26-29-10-9-20(28-21(14)29)27-16(3)18-11-17(24)7-8-19(18)31-15(2)13-25-22(30)32-23(4,5)6/h7-12,15-16H,13H2,1-6H3,(H,25,30)(H,27,28)/t15-,16+/m0/s1. The third-order valence-electron chi connectivity index (χ3n) is 4.61. The van der Waals surface area contributed by atoms with E-state index in [1.165, 1.54) is 12.1 Å².